The van der Waals surface area contributed by atoms with Gasteiger partial charge in [0.1, 0.15) is 11.4 Å². The minimum absolute atomic E-state index is 0.209. The van der Waals surface area contributed by atoms with Crippen molar-refractivity contribution in [2.75, 3.05) is 43.6 Å². The highest BCUT2D eigenvalue weighted by atomic mass is 16.5. The number of amides is 1. The number of rotatable bonds is 5. The van der Waals surface area contributed by atoms with Crippen LogP contribution in [0.1, 0.15) is 23.2 Å². The van der Waals surface area contributed by atoms with E-state index < -0.39 is 12.1 Å². The molecule has 0 aromatic carbocycles. The predicted molar refractivity (Wildman–Crippen MR) is 126 cm³/mol. The van der Waals surface area contributed by atoms with E-state index in [0.29, 0.717) is 22.7 Å². The fraction of sp³-hybridized carbons (Fsp3) is 0.391. The lowest BCUT2D eigenvalue weighted by molar-refractivity contribution is 0.0888. The lowest BCUT2D eigenvalue weighted by Gasteiger charge is -2.19. The molecule has 34 heavy (non-hydrogen) atoms. The number of hydrogen-bond donors (Lipinski definition) is 3. The number of imidazole rings is 1. The van der Waals surface area contributed by atoms with Crippen molar-refractivity contribution in [3.8, 4) is 11.4 Å². The van der Waals surface area contributed by atoms with Crippen LogP contribution in [-0.4, -0.2) is 80.5 Å². The first-order chi connectivity index (χ1) is 16.6. The number of nitrogens with one attached hydrogen (secondary N) is 2. The summed E-state index contributed by atoms with van der Waals surface area (Å²) in [7, 11) is 1.80. The minimum atomic E-state index is -0.731. The van der Waals surface area contributed by atoms with Crippen LogP contribution in [0.25, 0.3) is 22.7 Å². The normalized spacial score (nSPS) is 20.5. The predicted octanol–water partition coefficient (Wildman–Crippen LogP) is 1.18. The van der Waals surface area contributed by atoms with E-state index >= 15 is 0 Å². The van der Waals surface area contributed by atoms with Crippen LogP contribution in [0.2, 0.25) is 0 Å². The molecular formula is C23H26N8O3. The van der Waals surface area contributed by atoms with Crippen LogP contribution < -0.4 is 15.5 Å². The van der Waals surface area contributed by atoms with Crippen LogP contribution in [0.15, 0.2) is 36.8 Å². The van der Waals surface area contributed by atoms with Crippen LogP contribution >= 0.6 is 0 Å². The largest absolute Gasteiger partial charge is 0.388 e. The first kappa shape index (κ1) is 20.9. The van der Waals surface area contributed by atoms with E-state index in [4.69, 9.17) is 9.72 Å². The number of carbonyl (C=O) groups is 1. The molecule has 0 aliphatic carbocycles. The Kier molecular flexibility index (Phi) is 5.07. The van der Waals surface area contributed by atoms with Gasteiger partial charge in [-0.05, 0) is 25.0 Å². The standard InChI is InChI=1S/C23H26N8O3/c1-24-20-10-15(17-4-5-18(29-7-2-3-8-29)22-25-6-9-30(17)22)27-21-14(11-26-31(20)21)23(33)28-16-12-34-13-19(16)32/h4-6,9-11,16,19,24,32H,2-3,7-8,12-13H2,1H3,(H,28,33)/t16-,19+/m0/s1. The first-order valence-electron chi connectivity index (χ1n) is 11.5. The van der Waals surface area contributed by atoms with Crippen molar-refractivity contribution in [1.29, 1.82) is 0 Å². The van der Waals surface area contributed by atoms with Gasteiger partial charge in [-0.2, -0.15) is 9.61 Å². The average molecular weight is 463 g/mol. The fourth-order valence-corrected chi connectivity index (χ4v) is 4.77. The molecule has 0 spiro atoms. The second-order valence-corrected chi connectivity index (χ2v) is 8.67. The topological polar surface area (TPSA) is 121 Å². The Bertz CT molecular complexity index is 1370. The summed E-state index contributed by atoms with van der Waals surface area (Å²) in [6.45, 7) is 2.55. The van der Waals surface area contributed by atoms with Crippen molar-refractivity contribution in [2.45, 2.75) is 25.0 Å². The average Bonchev–Trinajstić information content (AvgIpc) is 3.65. The maximum atomic E-state index is 13.0. The third-order valence-corrected chi connectivity index (χ3v) is 6.58. The molecule has 0 unspecified atom stereocenters. The van der Waals surface area contributed by atoms with E-state index in [1.807, 2.05) is 22.7 Å². The van der Waals surface area contributed by atoms with Crippen molar-refractivity contribution < 1.29 is 14.6 Å². The molecule has 2 saturated heterocycles. The summed E-state index contributed by atoms with van der Waals surface area (Å²) in [5, 5.41) is 20.4. The highest BCUT2D eigenvalue weighted by molar-refractivity contribution is 6.00. The molecule has 4 aromatic heterocycles. The maximum Gasteiger partial charge on any atom is 0.257 e. The Balaban J connectivity index is 1.43. The van der Waals surface area contributed by atoms with Gasteiger partial charge in [0.15, 0.2) is 11.3 Å². The fourth-order valence-electron chi connectivity index (χ4n) is 4.77. The van der Waals surface area contributed by atoms with E-state index in [9.17, 15) is 9.90 Å². The lowest BCUT2D eigenvalue weighted by Crippen LogP contribution is -2.42. The molecular weight excluding hydrogens is 436 g/mol. The second kappa shape index (κ2) is 8.26. The molecule has 11 heteroatoms. The van der Waals surface area contributed by atoms with E-state index in [2.05, 4.69) is 31.7 Å². The Labute approximate surface area is 195 Å². The third-order valence-electron chi connectivity index (χ3n) is 6.58. The zero-order valence-corrected chi connectivity index (χ0v) is 18.8. The van der Waals surface area contributed by atoms with E-state index in [0.717, 1.165) is 30.1 Å². The number of ether oxygens (including phenoxy) is 1. The van der Waals surface area contributed by atoms with Crippen LogP contribution in [0.3, 0.4) is 0 Å². The number of carbonyl (C=O) groups excluding carboxylic acids is 1. The Morgan fingerprint density at radius 2 is 2.06 bits per heavy atom. The van der Waals surface area contributed by atoms with E-state index in [1.165, 1.54) is 19.0 Å². The van der Waals surface area contributed by atoms with Gasteiger partial charge in [0, 0.05) is 38.6 Å². The molecule has 0 saturated carbocycles. The van der Waals surface area contributed by atoms with Gasteiger partial charge in [0.05, 0.1) is 48.6 Å². The number of aliphatic hydroxyl groups is 1. The summed E-state index contributed by atoms with van der Waals surface area (Å²) in [6.07, 6.45) is 6.87. The number of pyridine rings is 1. The highest BCUT2D eigenvalue weighted by Crippen LogP contribution is 2.30. The quantitative estimate of drug-likeness (QED) is 0.404. The first-order valence-corrected chi connectivity index (χ1v) is 11.5. The van der Waals surface area contributed by atoms with E-state index in [-0.39, 0.29) is 19.1 Å². The molecule has 0 bridgehead atoms. The molecule has 3 N–H and O–H groups in total. The number of aliphatic hydroxyl groups excluding tert-OH is 1. The Morgan fingerprint density at radius 1 is 1.21 bits per heavy atom. The van der Waals surface area contributed by atoms with Crippen LogP contribution in [-0.2, 0) is 4.74 Å². The molecule has 0 radical (unpaired) electrons. The van der Waals surface area contributed by atoms with Gasteiger partial charge in [-0.1, -0.05) is 0 Å². The summed E-state index contributed by atoms with van der Waals surface area (Å²) in [4.78, 5) is 24.8. The smallest absolute Gasteiger partial charge is 0.257 e. The molecule has 6 heterocycles. The molecule has 2 aliphatic rings. The summed E-state index contributed by atoms with van der Waals surface area (Å²) >= 11 is 0. The minimum Gasteiger partial charge on any atom is -0.388 e. The number of fused-ring (bicyclic) bond motifs is 2. The number of anilines is 2. The Hall–Kier alpha value is -3.70. The lowest BCUT2D eigenvalue weighted by atomic mass is 10.2. The van der Waals surface area contributed by atoms with Crippen molar-refractivity contribution in [3.63, 3.8) is 0 Å². The molecule has 1 amide bonds. The molecule has 176 valence electrons. The molecule has 11 nitrogen and oxygen atoms in total. The Morgan fingerprint density at radius 3 is 2.82 bits per heavy atom. The molecule has 2 fully saturated rings. The van der Waals surface area contributed by atoms with Gasteiger partial charge >= 0.3 is 0 Å². The SMILES string of the molecule is CNc1cc(-c2ccc(N3CCCC3)c3nccn23)nc2c(C(=O)N[C@H]3COC[C@H]3O)cnn12. The third kappa shape index (κ3) is 3.35. The highest BCUT2D eigenvalue weighted by Gasteiger charge is 2.29. The van der Waals surface area contributed by atoms with Gasteiger partial charge < -0.3 is 25.4 Å². The summed E-state index contributed by atoms with van der Waals surface area (Å²) in [6, 6.07) is 5.58. The zero-order chi connectivity index (χ0) is 23.2. The van der Waals surface area contributed by atoms with Gasteiger partial charge in [-0.15, -0.1) is 0 Å². The van der Waals surface area contributed by atoms with Gasteiger partial charge in [-0.3, -0.25) is 9.20 Å². The number of hydrogen-bond acceptors (Lipinski definition) is 8. The van der Waals surface area contributed by atoms with Crippen LogP contribution in [0.4, 0.5) is 11.5 Å². The van der Waals surface area contributed by atoms with Gasteiger partial charge in [-0.25, -0.2) is 9.97 Å². The van der Waals surface area contributed by atoms with Crippen molar-refractivity contribution in [2.24, 2.45) is 0 Å². The molecule has 2 atom stereocenters. The van der Waals surface area contributed by atoms with Gasteiger partial charge in [0.25, 0.3) is 5.91 Å². The number of aromatic nitrogens is 5. The zero-order valence-electron chi connectivity index (χ0n) is 18.8. The summed E-state index contributed by atoms with van der Waals surface area (Å²) in [5.74, 6) is 0.341. The molecule has 2 aliphatic heterocycles. The van der Waals surface area contributed by atoms with Gasteiger partial charge in [0.2, 0.25) is 0 Å². The van der Waals surface area contributed by atoms with Crippen LogP contribution in [0.5, 0.6) is 0 Å². The molecule has 4 aromatic rings. The van der Waals surface area contributed by atoms with E-state index in [1.54, 1.807) is 17.8 Å². The maximum absolute atomic E-state index is 13.0. The summed E-state index contributed by atoms with van der Waals surface area (Å²) < 4.78 is 8.88. The number of nitrogens with zero attached hydrogens (tertiary/aromatic N) is 6. The van der Waals surface area contributed by atoms with Crippen molar-refractivity contribution >= 4 is 28.7 Å². The van der Waals surface area contributed by atoms with Crippen molar-refractivity contribution in [1.82, 2.24) is 29.3 Å². The van der Waals surface area contributed by atoms with Crippen LogP contribution in [0, 0.1) is 0 Å². The molecule has 6 rings (SSSR count). The monoisotopic (exact) mass is 462 g/mol. The second-order valence-electron chi connectivity index (χ2n) is 8.67. The van der Waals surface area contributed by atoms with Crippen molar-refractivity contribution in [3.05, 3.63) is 42.4 Å². The summed E-state index contributed by atoms with van der Waals surface area (Å²) in [5.41, 5.74) is 4.29.